The van der Waals surface area contributed by atoms with Gasteiger partial charge in [-0.1, -0.05) is 6.92 Å². The van der Waals surface area contributed by atoms with Gasteiger partial charge in [0.15, 0.2) is 0 Å². The summed E-state index contributed by atoms with van der Waals surface area (Å²) in [6.45, 7) is 7.93. The third-order valence-electron chi connectivity index (χ3n) is 3.17. The molecule has 0 aliphatic rings. The lowest BCUT2D eigenvalue weighted by Gasteiger charge is -2.12. The lowest BCUT2D eigenvalue weighted by atomic mass is 10.2. The van der Waals surface area contributed by atoms with Crippen molar-refractivity contribution < 1.29 is 12.8 Å². The van der Waals surface area contributed by atoms with Gasteiger partial charge in [-0.05, 0) is 40.9 Å². The van der Waals surface area contributed by atoms with Crippen LogP contribution in [0.1, 0.15) is 30.4 Å². The zero-order valence-corrected chi connectivity index (χ0v) is 14.4. The number of hydrogen-bond acceptors (Lipinski definition) is 5. The fourth-order valence-corrected chi connectivity index (χ4v) is 3.60. The molecule has 1 aromatic rings. The van der Waals surface area contributed by atoms with Gasteiger partial charge < -0.3 is 14.6 Å². The smallest absolute Gasteiger partial charge is 0.244 e. The Bertz CT molecular complexity index is 550. The Kier molecular flexibility index (Phi) is 6.86. The van der Waals surface area contributed by atoms with Gasteiger partial charge in [0, 0.05) is 25.2 Å². The van der Waals surface area contributed by atoms with Crippen molar-refractivity contribution in [2.75, 3.05) is 33.7 Å². The van der Waals surface area contributed by atoms with E-state index in [0.717, 1.165) is 18.5 Å². The molecule has 1 heterocycles. The zero-order valence-electron chi connectivity index (χ0n) is 13.6. The average Bonchev–Trinajstić information content (AvgIpc) is 2.64. The predicted molar refractivity (Wildman–Crippen MR) is 83.9 cm³/mol. The van der Waals surface area contributed by atoms with E-state index in [4.69, 9.17) is 4.42 Å². The van der Waals surface area contributed by atoms with Gasteiger partial charge in [-0.15, -0.1) is 0 Å². The summed E-state index contributed by atoms with van der Waals surface area (Å²) in [5.74, 6) is 1.10. The summed E-state index contributed by atoms with van der Waals surface area (Å²) in [6, 6.07) is 0. The molecule has 7 heteroatoms. The van der Waals surface area contributed by atoms with Gasteiger partial charge in [0.05, 0.1) is 0 Å². The third kappa shape index (κ3) is 5.10. The lowest BCUT2D eigenvalue weighted by molar-refractivity contribution is 0.412. The fraction of sp³-hybridized carbons (Fsp3) is 0.714. The van der Waals surface area contributed by atoms with Crippen LogP contribution in [0, 0.1) is 13.8 Å². The van der Waals surface area contributed by atoms with E-state index < -0.39 is 10.0 Å². The molecular formula is C14H27N3O3S. The van der Waals surface area contributed by atoms with Crippen molar-refractivity contribution in [3.05, 3.63) is 17.1 Å². The Morgan fingerprint density at radius 3 is 2.38 bits per heavy atom. The first-order valence-electron chi connectivity index (χ1n) is 7.23. The van der Waals surface area contributed by atoms with Crippen LogP contribution in [0.5, 0.6) is 0 Å². The van der Waals surface area contributed by atoms with Crippen LogP contribution in [-0.4, -0.2) is 47.0 Å². The number of rotatable bonds is 9. The predicted octanol–water partition coefficient (Wildman–Crippen LogP) is 1.24. The number of hydrogen-bond donors (Lipinski definition) is 2. The number of furan rings is 1. The van der Waals surface area contributed by atoms with Crippen LogP contribution in [0.2, 0.25) is 0 Å². The van der Waals surface area contributed by atoms with Crippen LogP contribution >= 0.6 is 0 Å². The molecule has 1 rings (SSSR count). The molecule has 0 amide bonds. The summed E-state index contributed by atoms with van der Waals surface area (Å²) in [5.41, 5.74) is 0.721. The summed E-state index contributed by atoms with van der Waals surface area (Å²) in [5, 5.41) is 3.23. The second-order valence-corrected chi connectivity index (χ2v) is 7.10. The van der Waals surface area contributed by atoms with Crippen molar-refractivity contribution in [3.63, 3.8) is 0 Å². The maximum atomic E-state index is 12.5. The molecular weight excluding hydrogens is 290 g/mol. The second-order valence-electron chi connectivity index (χ2n) is 5.40. The summed E-state index contributed by atoms with van der Waals surface area (Å²) in [6.07, 6.45) is 0.999. The summed E-state index contributed by atoms with van der Waals surface area (Å²) >= 11 is 0. The van der Waals surface area contributed by atoms with Crippen molar-refractivity contribution in [3.8, 4) is 0 Å². The number of aryl methyl sites for hydroxylation is 2. The highest BCUT2D eigenvalue weighted by atomic mass is 32.2. The Hall–Kier alpha value is -0.890. The van der Waals surface area contributed by atoms with E-state index in [1.165, 1.54) is 0 Å². The van der Waals surface area contributed by atoms with Gasteiger partial charge in [-0.3, -0.25) is 0 Å². The SMILES string of the molecule is CCCNCc1c(C)oc(C)c1S(=O)(=O)NCCN(C)C. The van der Waals surface area contributed by atoms with Crippen LogP contribution in [0.25, 0.3) is 0 Å². The average molecular weight is 317 g/mol. The molecule has 6 nitrogen and oxygen atoms in total. The first-order chi connectivity index (χ1) is 9.79. The van der Waals surface area contributed by atoms with Crippen LogP contribution < -0.4 is 10.0 Å². The summed E-state index contributed by atoms with van der Waals surface area (Å²) in [7, 11) is 0.265. The molecule has 0 saturated heterocycles. The van der Waals surface area contributed by atoms with Crippen LogP contribution in [0.4, 0.5) is 0 Å². The minimum atomic E-state index is -3.54. The third-order valence-corrected chi connectivity index (χ3v) is 4.83. The molecule has 0 saturated carbocycles. The Labute approximate surface area is 127 Å². The molecule has 0 spiro atoms. The Balaban J connectivity index is 2.93. The Morgan fingerprint density at radius 1 is 1.14 bits per heavy atom. The normalized spacial score (nSPS) is 12.3. The molecule has 0 bridgehead atoms. The van der Waals surface area contributed by atoms with Crippen molar-refractivity contribution >= 4 is 10.0 Å². The van der Waals surface area contributed by atoms with Crippen LogP contribution in [-0.2, 0) is 16.6 Å². The van der Waals surface area contributed by atoms with Gasteiger partial charge in [0.1, 0.15) is 16.4 Å². The number of likely N-dealkylation sites (N-methyl/N-ethyl adjacent to an activating group) is 1. The van der Waals surface area contributed by atoms with Crippen molar-refractivity contribution in [2.45, 2.75) is 38.6 Å². The minimum Gasteiger partial charge on any atom is -0.465 e. The quantitative estimate of drug-likeness (QED) is 0.670. The van der Waals surface area contributed by atoms with E-state index in [0.29, 0.717) is 31.2 Å². The first-order valence-corrected chi connectivity index (χ1v) is 8.71. The Morgan fingerprint density at radius 2 is 1.81 bits per heavy atom. The molecule has 122 valence electrons. The topological polar surface area (TPSA) is 74.6 Å². The first kappa shape index (κ1) is 18.2. The molecule has 0 radical (unpaired) electrons. The highest BCUT2D eigenvalue weighted by Crippen LogP contribution is 2.26. The van der Waals surface area contributed by atoms with Crippen molar-refractivity contribution in [1.29, 1.82) is 0 Å². The van der Waals surface area contributed by atoms with Crippen LogP contribution in [0.15, 0.2) is 9.31 Å². The molecule has 0 aliphatic heterocycles. The summed E-state index contributed by atoms with van der Waals surface area (Å²) < 4.78 is 33.1. The largest absolute Gasteiger partial charge is 0.465 e. The van der Waals surface area contributed by atoms with Crippen molar-refractivity contribution in [2.24, 2.45) is 0 Å². The highest BCUT2D eigenvalue weighted by molar-refractivity contribution is 7.89. The van der Waals surface area contributed by atoms with E-state index in [-0.39, 0.29) is 4.90 Å². The van der Waals surface area contributed by atoms with E-state index in [9.17, 15) is 8.42 Å². The molecule has 0 unspecified atom stereocenters. The van der Waals surface area contributed by atoms with Crippen molar-refractivity contribution in [1.82, 2.24) is 14.9 Å². The van der Waals surface area contributed by atoms with E-state index in [1.54, 1.807) is 13.8 Å². The maximum absolute atomic E-state index is 12.5. The molecule has 0 atom stereocenters. The molecule has 1 aromatic heterocycles. The van der Waals surface area contributed by atoms with E-state index in [2.05, 4.69) is 17.0 Å². The van der Waals surface area contributed by atoms with Gasteiger partial charge in [0.2, 0.25) is 10.0 Å². The molecule has 0 aromatic carbocycles. The molecule has 21 heavy (non-hydrogen) atoms. The number of sulfonamides is 1. The standard InChI is InChI=1S/C14H27N3O3S/c1-6-7-15-10-13-11(2)20-12(3)14(13)21(18,19)16-8-9-17(4)5/h15-16H,6-10H2,1-5H3. The molecule has 0 aliphatic carbocycles. The van der Waals surface area contributed by atoms with Gasteiger partial charge in [-0.2, -0.15) is 0 Å². The van der Waals surface area contributed by atoms with Gasteiger partial charge in [-0.25, -0.2) is 13.1 Å². The maximum Gasteiger partial charge on any atom is 0.244 e. The van der Waals surface area contributed by atoms with Gasteiger partial charge >= 0.3 is 0 Å². The minimum absolute atomic E-state index is 0.280. The number of nitrogens with one attached hydrogen (secondary N) is 2. The van der Waals surface area contributed by atoms with E-state index in [1.807, 2.05) is 19.0 Å². The van der Waals surface area contributed by atoms with E-state index >= 15 is 0 Å². The van der Waals surface area contributed by atoms with Gasteiger partial charge in [0.25, 0.3) is 0 Å². The number of nitrogens with zero attached hydrogens (tertiary/aromatic N) is 1. The lowest BCUT2D eigenvalue weighted by Crippen LogP contribution is -2.32. The second kappa shape index (κ2) is 7.93. The monoisotopic (exact) mass is 317 g/mol. The molecule has 0 fully saturated rings. The summed E-state index contributed by atoms with van der Waals surface area (Å²) in [4.78, 5) is 2.21. The zero-order chi connectivity index (χ0) is 16.0. The molecule has 2 N–H and O–H groups in total. The highest BCUT2D eigenvalue weighted by Gasteiger charge is 2.26. The van der Waals surface area contributed by atoms with Crippen LogP contribution in [0.3, 0.4) is 0 Å². The fourth-order valence-electron chi connectivity index (χ4n) is 2.13.